The highest BCUT2D eigenvalue weighted by molar-refractivity contribution is 7.94. The first-order valence-electron chi connectivity index (χ1n) is 6.22. The minimum atomic E-state index is -3.52. The van der Waals surface area contributed by atoms with Crippen LogP contribution in [0.1, 0.15) is 18.1 Å². The normalized spacial score (nSPS) is 11.6. The number of halogens is 1. The van der Waals surface area contributed by atoms with Gasteiger partial charge in [-0.2, -0.15) is 0 Å². The quantitative estimate of drug-likeness (QED) is 0.777. The van der Waals surface area contributed by atoms with E-state index in [1.54, 1.807) is 11.4 Å². The highest BCUT2D eigenvalue weighted by Crippen LogP contribution is 2.28. The molecule has 1 heterocycles. The van der Waals surface area contributed by atoms with Gasteiger partial charge in [-0.1, -0.05) is 12.1 Å². The van der Waals surface area contributed by atoms with Gasteiger partial charge in [0.2, 0.25) is 0 Å². The Balaban J connectivity index is 2.44. The highest BCUT2D eigenvalue weighted by atomic mass is 35.5. The van der Waals surface area contributed by atoms with Crippen molar-refractivity contribution in [3.8, 4) is 0 Å². The Kier molecular flexibility index (Phi) is 4.73. The second-order valence-corrected chi connectivity index (χ2v) is 7.68. The smallest absolute Gasteiger partial charge is 0.266 e. The van der Waals surface area contributed by atoms with Crippen LogP contribution in [0.3, 0.4) is 0 Å². The van der Waals surface area contributed by atoms with Crippen LogP contribution in [0, 0.1) is 6.92 Å². The van der Waals surface area contributed by atoms with E-state index >= 15 is 0 Å². The van der Waals surface area contributed by atoms with Gasteiger partial charge in [-0.05, 0) is 48.6 Å². The first-order valence-corrected chi connectivity index (χ1v) is 9.07. The van der Waals surface area contributed by atoms with Crippen LogP contribution in [0.15, 0.2) is 39.9 Å². The van der Waals surface area contributed by atoms with E-state index in [1.165, 1.54) is 15.6 Å². The van der Waals surface area contributed by atoms with Crippen molar-refractivity contribution < 1.29 is 8.42 Å². The SMILES string of the molecule is CCN(c1cccc(C)c1)S(=O)(=O)c1cc(CCl)cs1. The van der Waals surface area contributed by atoms with E-state index in [-0.39, 0.29) is 0 Å². The molecule has 0 aliphatic heterocycles. The standard InChI is InChI=1S/C14H16ClNO2S2/c1-3-16(13-6-4-5-11(2)7-13)20(17,18)14-8-12(9-15)10-19-14/h4-8,10H,3,9H2,1-2H3. The van der Waals surface area contributed by atoms with Gasteiger partial charge in [-0.15, -0.1) is 22.9 Å². The Hall–Kier alpha value is -1.04. The predicted octanol–water partition coefficient (Wildman–Crippen LogP) is 4.01. The van der Waals surface area contributed by atoms with Crippen LogP contribution in [0.4, 0.5) is 5.69 Å². The van der Waals surface area contributed by atoms with E-state index in [4.69, 9.17) is 11.6 Å². The zero-order valence-corrected chi connectivity index (χ0v) is 13.7. The molecule has 20 heavy (non-hydrogen) atoms. The van der Waals surface area contributed by atoms with E-state index in [9.17, 15) is 8.42 Å². The number of nitrogens with zero attached hydrogens (tertiary/aromatic N) is 1. The minimum Gasteiger partial charge on any atom is -0.266 e. The first kappa shape index (κ1) is 15.4. The molecule has 6 heteroatoms. The van der Waals surface area contributed by atoms with Crippen LogP contribution >= 0.6 is 22.9 Å². The van der Waals surface area contributed by atoms with Crippen molar-refractivity contribution in [2.75, 3.05) is 10.8 Å². The lowest BCUT2D eigenvalue weighted by Gasteiger charge is -2.22. The molecule has 2 rings (SSSR count). The van der Waals surface area contributed by atoms with Gasteiger partial charge < -0.3 is 0 Å². The second-order valence-electron chi connectivity index (χ2n) is 4.42. The summed E-state index contributed by atoms with van der Waals surface area (Å²) >= 11 is 6.95. The molecule has 0 saturated carbocycles. The van der Waals surface area contributed by atoms with Gasteiger partial charge in [0, 0.05) is 12.4 Å². The number of alkyl halides is 1. The molecule has 0 radical (unpaired) electrons. The maximum atomic E-state index is 12.7. The summed E-state index contributed by atoms with van der Waals surface area (Å²) < 4.78 is 27.1. The van der Waals surface area contributed by atoms with Crippen LogP contribution in [-0.4, -0.2) is 15.0 Å². The third kappa shape index (κ3) is 3.00. The Morgan fingerprint density at radius 2 is 2.05 bits per heavy atom. The van der Waals surface area contributed by atoms with Crippen molar-refractivity contribution in [2.24, 2.45) is 0 Å². The van der Waals surface area contributed by atoms with Crippen LogP contribution in [0.25, 0.3) is 0 Å². The van der Waals surface area contributed by atoms with Crippen molar-refractivity contribution in [3.05, 3.63) is 46.8 Å². The summed E-state index contributed by atoms with van der Waals surface area (Å²) in [4.78, 5) is 0. The lowest BCUT2D eigenvalue weighted by Crippen LogP contribution is -2.30. The molecule has 0 amide bonds. The molecule has 0 atom stereocenters. The van der Waals surface area contributed by atoms with Gasteiger partial charge in [0.05, 0.1) is 5.69 Å². The summed E-state index contributed by atoms with van der Waals surface area (Å²) in [5.74, 6) is 0.322. The van der Waals surface area contributed by atoms with Crippen LogP contribution in [0.5, 0.6) is 0 Å². The molecule has 0 spiro atoms. The highest BCUT2D eigenvalue weighted by Gasteiger charge is 2.25. The van der Waals surface area contributed by atoms with E-state index in [2.05, 4.69) is 0 Å². The van der Waals surface area contributed by atoms with Gasteiger partial charge in [0.25, 0.3) is 10.0 Å². The molecule has 1 aromatic heterocycles. The lowest BCUT2D eigenvalue weighted by molar-refractivity contribution is 0.594. The molecule has 0 fully saturated rings. The van der Waals surface area contributed by atoms with Crippen LogP contribution in [-0.2, 0) is 15.9 Å². The number of rotatable bonds is 5. The summed E-state index contributed by atoms with van der Waals surface area (Å²) in [6.45, 7) is 4.16. The largest absolute Gasteiger partial charge is 0.273 e. The molecular weight excluding hydrogens is 314 g/mol. The topological polar surface area (TPSA) is 37.4 Å². The minimum absolute atomic E-state index is 0.322. The van der Waals surface area contributed by atoms with Gasteiger partial charge in [0.1, 0.15) is 4.21 Å². The fourth-order valence-corrected chi connectivity index (χ4v) is 4.97. The van der Waals surface area contributed by atoms with Crippen molar-refractivity contribution in [3.63, 3.8) is 0 Å². The summed E-state index contributed by atoms with van der Waals surface area (Å²) in [6.07, 6.45) is 0. The number of benzene rings is 1. The molecular formula is C14H16ClNO2S2. The van der Waals surface area contributed by atoms with E-state index in [1.807, 2.05) is 38.1 Å². The number of aryl methyl sites for hydroxylation is 1. The Bertz CT molecular complexity index is 695. The molecule has 0 N–H and O–H groups in total. The molecule has 0 saturated heterocycles. The Morgan fingerprint density at radius 1 is 1.30 bits per heavy atom. The van der Waals surface area contributed by atoms with Crippen LogP contribution < -0.4 is 4.31 Å². The zero-order valence-electron chi connectivity index (χ0n) is 11.3. The average molecular weight is 330 g/mol. The number of anilines is 1. The Morgan fingerprint density at radius 3 is 2.60 bits per heavy atom. The molecule has 1 aromatic carbocycles. The Labute approximate surface area is 128 Å². The summed E-state index contributed by atoms with van der Waals surface area (Å²) in [5.41, 5.74) is 2.55. The van der Waals surface area contributed by atoms with Gasteiger partial charge in [0.15, 0.2) is 0 Å². The monoisotopic (exact) mass is 329 g/mol. The van der Waals surface area contributed by atoms with Gasteiger partial charge in [-0.25, -0.2) is 8.42 Å². The molecule has 0 bridgehead atoms. The summed E-state index contributed by atoms with van der Waals surface area (Å²) in [6, 6.07) is 9.13. The number of sulfonamides is 1. The maximum Gasteiger partial charge on any atom is 0.273 e. The summed E-state index contributed by atoms with van der Waals surface area (Å²) in [5, 5.41) is 1.78. The van der Waals surface area contributed by atoms with Gasteiger partial charge >= 0.3 is 0 Å². The van der Waals surface area contributed by atoms with Crippen molar-refractivity contribution in [1.82, 2.24) is 0 Å². The average Bonchev–Trinajstić information content (AvgIpc) is 2.89. The molecule has 108 valence electrons. The fourth-order valence-electron chi connectivity index (χ4n) is 1.94. The zero-order chi connectivity index (χ0) is 14.8. The van der Waals surface area contributed by atoms with Crippen molar-refractivity contribution in [2.45, 2.75) is 23.9 Å². The van der Waals surface area contributed by atoms with Gasteiger partial charge in [-0.3, -0.25) is 4.31 Å². The van der Waals surface area contributed by atoms with Crippen molar-refractivity contribution in [1.29, 1.82) is 0 Å². The first-order chi connectivity index (χ1) is 9.48. The van der Waals surface area contributed by atoms with E-state index < -0.39 is 10.0 Å². The third-order valence-electron chi connectivity index (χ3n) is 2.91. The lowest BCUT2D eigenvalue weighted by atomic mass is 10.2. The van der Waals surface area contributed by atoms with Crippen LogP contribution in [0.2, 0.25) is 0 Å². The molecule has 0 unspecified atom stereocenters. The molecule has 0 aliphatic rings. The van der Waals surface area contributed by atoms with Crippen molar-refractivity contribution >= 4 is 38.6 Å². The predicted molar refractivity (Wildman–Crippen MR) is 85.3 cm³/mol. The molecule has 2 aromatic rings. The number of thiophene rings is 1. The number of hydrogen-bond donors (Lipinski definition) is 0. The third-order valence-corrected chi connectivity index (χ3v) is 6.58. The molecule has 0 aliphatic carbocycles. The second kappa shape index (κ2) is 6.16. The number of hydrogen-bond acceptors (Lipinski definition) is 3. The fraction of sp³-hybridized carbons (Fsp3) is 0.286. The van der Waals surface area contributed by atoms with E-state index in [0.29, 0.717) is 22.3 Å². The maximum absolute atomic E-state index is 12.7. The van der Waals surface area contributed by atoms with E-state index in [0.717, 1.165) is 11.1 Å². The summed E-state index contributed by atoms with van der Waals surface area (Å²) in [7, 11) is -3.52. The molecule has 3 nitrogen and oxygen atoms in total.